The van der Waals surface area contributed by atoms with E-state index in [0.29, 0.717) is 72.4 Å². The van der Waals surface area contributed by atoms with Gasteiger partial charge in [0.15, 0.2) is 0 Å². The van der Waals surface area contributed by atoms with Crippen LogP contribution in [0, 0.1) is 0 Å². The molecular formula is C48H34F6O4. The van der Waals surface area contributed by atoms with Crippen molar-refractivity contribution in [1.82, 2.24) is 0 Å². The number of halogens is 6. The molecule has 0 amide bonds. The minimum Gasteiger partial charge on any atom is -0.497 e. The van der Waals surface area contributed by atoms with E-state index in [4.69, 9.17) is 18.9 Å². The summed E-state index contributed by atoms with van der Waals surface area (Å²) in [6, 6.07) is 36.2. The number of ether oxygens (including phenoxy) is 4. The van der Waals surface area contributed by atoms with Crippen LogP contribution in [0.15, 0.2) is 133 Å². The van der Waals surface area contributed by atoms with Crippen LogP contribution < -0.4 is 18.9 Å². The fraction of sp³-hybridized carbons (Fsp3) is 0.125. The van der Waals surface area contributed by atoms with Crippen LogP contribution in [-0.4, -0.2) is 28.4 Å². The summed E-state index contributed by atoms with van der Waals surface area (Å²) in [5.74, 6) is 2.26. The van der Waals surface area contributed by atoms with Gasteiger partial charge in [-0.2, -0.15) is 26.3 Å². The first-order valence-corrected chi connectivity index (χ1v) is 18.1. The van der Waals surface area contributed by atoms with Crippen LogP contribution in [0.25, 0.3) is 76.8 Å². The molecule has 8 rings (SSSR count). The Bertz CT molecular complexity index is 2810. The molecule has 4 nitrogen and oxygen atoms in total. The minimum absolute atomic E-state index is 0.459. The van der Waals surface area contributed by atoms with Crippen LogP contribution in [0.4, 0.5) is 26.3 Å². The van der Waals surface area contributed by atoms with Crippen LogP contribution in [-0.2, 0) is 12.4 Å². The van der Waals surface area contributed by atoms with Crippen molar-refractivity contribution in [2.45, 2.75) is 12.4 Å². The lowest BCUT2D eigenvalue weighted by Gasteiger charge is -2.25. The molecule has 58 heavy (non-hydrogen) atoms. The standard InChI is InChI=1S/C48H34F6O4/c1-55-34-17-9-27(10-18-34)39-25-37(58-4)26-41-44(29-7-15-33(16-8-29)48(52,53)54)46-40(43(45(39)41)28-5-13-32(14-6-28)47(49,50)51)24-31-23-36(57-3)21-22-38(31)42(46)30-11-19-35(56-2)20-12-30/h5-26H,1-4H3. The third-order valence-electron chi connectivity index (χ3n) is 10.5. The van der Waals surface area contributed by atoms with Gasteiger partial charge in [-0.05, 0) is 156 Å². The minimum atomic E-state index is -4.58. The predicted molar refractivity (Wildman–Crippen MR) is 217 cm³/mol. The third-order valence-corrected chi connectivity index (χ3v) is 10.5. The van der Waals surface area contributed by atoms with Gasteiger partial charge in [0.1, 0.15) is 23.0 Å². The summed E-state index contributed by atoms with van der Waals surface area (Å²) in [4.78, 5) is 0. The smallest absolute Gasteiger partial charge is 0.416 e. The maximum Gasteiger partial charge on any atom is 0.416 e. The Kier molecular flexibility index (Phi) is 9.67. The number of rotatable bonds is 8. The highest BCUT2D eigenvalue weighted by Gasteiger charge is 2.32. The number of hydrogen-bond acceptors (Lipinski definition) is 4. The number of fused-ring (bicyclic) bond motifs is 3. The van der Waals surface area contributed by atoms with Crippen LogP contribution in [0.5, 0.6) is 23.0 Å². The first-order chi connectivity index (χ1) is 27.8. The predicted octanol–water partition coefficient (Wildman–Crippen LogP) is 13.9. The Morgan fingerprint density at radius 1 is 0.345 bits per heavy atom. The Labute approximate surface area is 329 Å². The van der Waals surface area contributed by atoms with Crippen molar-refractivity contribution in [2.24, 2.45) is 0 Å². The molecule has 0 atom stereocenters. The summed E-state index contributed by atoms with van der Waals surface area (Å²) in [6.45, 7) is 0. The van der Waals surface area contributed by atoms with Crippen molar-refractivity contribution in [2.75, 3.05) is 28.4 Å². The molecule has 8 aromatic rings. The van der Waals surface area contributed by atoms with Gasteiger partial charge in [0.25, 0.3) is 0 Å². The summed E-state index contributed by atoms with van der Waals surface area (Å²) < 4.78 is 107. The molecule has 0 radical (unpaired) electrons. The van der Waals surface area contributed by atoms with E-state index in [1.807, 2.05) is 72.8 Å². The zero-order valence-corrected chi connectivity index (χ0v) is 31.6. The zero-order valence-electron chi connectivity index (χ0n) is 31.6. The van der Waals surface area contributed by atoms with Gasteiger partial charge in [-0.25, -0.2) is 0 Å². The zero-order chi connectivity index (χ0) is 40.9. The van der Waals surface area contributed by atoms with Gasteiger partial charge in [-0.3, -0.25) is 0 Å². The number of benzene rings is 8. The fourth-order valence-electron chi connectivity index (χ4n) is 7.75. The molecule has 0 unspecified atom stereocenters. The van der Waals surface area contributed by atoms with E-state index in [0.717, 1.165) is 51.7 Å². The van der Waals surface area contributed by atoms with E-state index in [-0.39, 0.29) is 0 Å². The third kappa shape index (κ3) is 6.78. The lowest BCUT2D eigenvalue weighted by molar-refractivity contribution is -0.138. The van der Waals surface area contributed by atoms with E-state index in [1.54, 1.807) is 33.5 Å². The Morgan fingerprint density at radius 2 is 0.741 bits per heavy atom. The van der Waals surface area contributed by atoms with Crippen molar-refractivity contribution in [1.29, 1.82) is 0 Å². The number of methoxy groups -OCH3 is 4. The second kappa shape index (κ2) is 14.7. The quantitative estimate of drug-likeness (QED) is 0.114. The molecule has 0 saturated heterocycles. The summed E-state index contributed by atoms with van der Waals surface area (Å²) >= 11 is 0. The van der Waals surface area contributed by atoms with Crippen LogP contribution >= 0.6 is 0 Å². The molecule has 0 aromatic heterocycles. The second-order valence-corrected chi connectivity index (χ2v) is 13.7. The van der Waals surface area contributed by atoms with Crippen molar-refractivity contribution in [3.8, 4) is 67.5 Å². The lowest BCUT2D eigenvalue weighted by Crippen LogP contribution is -2.04. The average molecular weight is 789 g/mol. The molecular weight excluding hydrogens is 755 g/mol. The van der Waals surface area contributed by atoms with Crippen molar-refractivity contribution >= 4 is 32.3 Å². The largest absolute Gasteiger partial charge is 0.497 e. The molecule has 0 heterocycles. The summed E-state index contributed by atoms with van der Waals surface area (Å²) in [5.41, 5.74) is 3.51. The molecule has 0 N–H and O–H groups in total. The van der Waals surface area contributed by atoms with Gasteiger partial charge in [-0.1, -0.05) is 54.6 Å². The Balaban J connectivity index is 1.67. The molecule has 0 saturated carbocycles. The number of hydrogen-bond donors (Lipinski definition) is 0. The van der Waals surface area contributed by atoms with Gasteiger partial charge in [0.2, 0.25) is 0 Å². The highest BCUT2D eigenvalue weighted by molar-refractivity contribution is 6.31. The van der Waals surface area contributed by atoms with E-state index in [2.05, 4.69) is 0 Å². The summed E-state index contributed by atoms with van der Waals surface area (Å²) in [7, 11) is 6.21. The van der Waals surface area contributed by atoms with Gasteiger partial charge < -0.3 is 18.9 Å². The van der Waals surface area contributed by atoms with Crippen LogP contribution in [0.1, 0.15) is 11.1 Å². The summed E-state index contributed by atoms with van der Waals surface area (Å²) in [5, 5.41) is 4.14. The maximum atomic E-state index is 14.0. The maximum absolute atomic E-state index is 14.0. The molecule has 0 aliphatic rings. The van der Waals surface area contributed by atoms with Crippen molar-refractivity contribution < 1.29 is 45.3 Å². The number of alkyl halides is 6. The van der Waals surface area contributed by atoms with Crippen LogP contribution in [0.3, 0.4) is 0 Å². The van der Waals surface area contributed by atoms with Crippen LogP contribution in [0.2, 0.25) is 0 Å². The average Bonchev–Trinajstić information content (AvgIpc) is 3.23. The molecule has 292 valence electrons. The Hall–Kier alpha value is -6.68. The monoisotopic (exact) mass is 788 g/mol. The summed E-state index contributed by atoms with van der Waals surface area (Å²) in [6.07, 6.45) is -9.16. The van der Waals surface area contributed by atoms with Gasteiger partial charge in [-0.15, -0.1) is 0 Å². The van der Waals surface area contributed by atoms with Gasteiger partial charge in [0.05, 0.1) is 39.6 Å². The highest BCUT2D eigenvalue weighted by Crippen LogP contribution is 2.53. The molecule has 0 aliphatic heterocycles. The van der Waals surface area contributed by atoms with Gasteiger partial charge >= 0.3 is 12.4 Å². The van der Waals surface area contributed by atoms with Gasteiger partial charge in [0, 0.05) is 0 Å². The van der Waals surface area contributed by atoms with E-state index in [1.165, 1.54) is 31.4 Å². The molecule has 10 heteroatoms. The van der Waals surface area contributed by atoms with E-state index in [9.17, 15) is 26.3 Å². The molecule has 8 aromatic carbocycles. The second-order valence-electron chi connectivity index (χ2n) is 13.7. The Morgan fingerprint density at radius 3 is 1.21 bits per heavy atom. The van der Waals surface area contributed by atoms with E-state index >= 15 is 0 Å². The molecule has 0 spiro atoms. The van der Waals surface area contributed by atoms with Crippen molar-refractivity contribution in [3.05, 3.63) is 145 Å². The molecule has 0 aliphatic carbocycles. The van der Waals surface area contributed by atoms with Crippen molar-refractivity contribution in [3.63, 3.8) is 0 Å². The first-order valence-electron chi connectivity index (χ1n) is 18.1. The topological polar surface area (TPSA) is 36.9 Å². The highest BCUT2D eigenvalue weighted by atomic mass is 19.4. The SMILES string of the molecule is COc1ccc(-c2cc(OC)cc3c(-c4ccc(C(F)(F)F)cc4)c4c(-c5ccc(OC)cc5)c5ccc(OC)cc5cc4c(-c4ccc(C(F)(F)F)cc4)c23)cc1. The lowest BCUT2D eigenvalue weighted by atomic mass is 9.79. The fourth-order valence-corrected chi connectivity index (χ4v) is 7.75. The molecule has 0 fully saturated rings. The first kappa shape index (κ1) is 38.2. The molecule has 0 bridgehead atoms. The van der Waals surface area contributed by atoms with E-state index < -0.39 is 23.5 Å². The normalized spacial score (nSPS) is 12.0.